The number of alkyl halides is 3. The molecule has 1 atom stereocenters. The molecule has 2 aromatic carbocycles. The van der Waals surface area contributed by atoms with Gasteiger partial charge in [0.1, 0.15) is 11.6 Å². The molecule has 8 heteroatoms. The first kappa shape index (κ1) is 25.4. The predicted molar refractivity (Wildman–Crippen MR) is 112 cm³/mol. The number of ether oxygens (including phenoxy) is 1. The van der Waals surface area contributed by atoms with Gasteiger partial charge in [0, 0.05) is 0 Å². The van der Waals surface area contributed by atoms with Crippen molar-refractivity contribution < 1.29 is 35.5 Å². The lowest BCUT2D eigenvalue weighted by Crippen LogP contribution is -2.19. The van der Waals surface area contributed by atoms with E-state index in [0.29, 0.717) is 29.5 Å². The van der Waals surface area contributed by atoms with E-state index >= 15 is 0 Å². The van der Waals surface area contributed by atoms with Gasteiger partial charge in [-0.3, -0.25) is 0 Å². The van der Waals surface area contributed by atoms with Crippen LogP contribution in [0.3, 0.4) is 0 Å². The van der Waals surface area contributed by atoms with Gasteiger partial charge in [-0.1, -0.05) is 33.1 Å². The smallest absolute Gasteiger partial charge is 0.399 e. The summed E-state index contributed by atoms with van der Waals surface area (Å²) in [5.74, 6) is -5.86. The minimum Gasteiger partial charge on any atom is -0.399 e. The Labute approximate surface area is 188 Å². The minimum atomic E-state index is -5.31. The first-order valence-corrected chi connectivity index (χ1v) is 11.2. The van der Waals surface area contributed by atoms with Crippen molar-refractivity contribution in [1.29, 1.82) is 0 Å². The van der Waals surface area contributed by atoms with Crippen LogP contribution in [-0.4, -0.2) is 6.36 Å². The molecule has 2 aromatic rings. The minimum absolute atomic E-state index is 0.0149. The second kappa shape index (κ2) is 10.3. The molecule has 182 valence electrons. The van der Waals surface area contributed by atoms with E-state index < -0.39 is 46.5 Å². The lowest BCUT2D eigenvalue weighted by Gasteiger charge is -2.29. The molecule has 1 unspecified atom stereocenters. The van der Waals surface area contributed by atoms with Crippen LogP contribution in [0.2, 0.25) is 0 Å². The second-order valence-electron chi connectivity index (χ2n) is 8.98. The molecule has 33 heavy (non-hydrogen) atoms. The molecule has 1 aliphatic rings. The second-order valence-corrected chi connectivity index (χ2v) is 8.98. The van der Waals surface area contributed by atoms with Gasteiger partial charge in [-0.15, -0.1) is 13.2 Å². The Morgan fingerprint density at radius 2 is 1.42 bits per heavy atom. The van der Waals surface area contributed by atoms with Gasteiger partial charge in [0.2, 0.25) is 5.75 Å². The highest BCUT2D eigenvalue weighted by molar-refractivity contribution is 5.66. The molecular formula is C25H27F7O. The Morgan fingerprint density at radius 3 is 1.91 bits per heavy atom. The van der Waals surface area contributed by atoms with Gasteiger partial charge in [-0.05, 0) is 78.8 Å². The predicted octanol–water partition coefficient (Wildman–Crippen LogP) is 8.91. The van der Waals surface area contributed by atoms with E-state index in [1.54, 1.807) is 0 Å². The Hall–Kier alpha value is -2.25. The topological polar surface area (TPSA) is 9.23 Å². The average molecular weight is 476 g/mol. The van der Waals surface area contributed by atoms with Crippen molar-refractivity contribution in [1.82, 2.24) is 0 Å². The van der Waals surface area contributed by atoms with E-state index in [1.165, 1.54) is 6.42 Å². The van der Waals surface area contributed by atoms with Crippen molar-refractivity contribution >= 4 is 0 Å². The molecule has 0 radical (unpaired) electrons. The number of hydrogen-bond acceptors (Lipinski definition) is 1. The van der Waals surface area contributed by atoms with E-state index in [1.807, 2.05) is 0 Å². The van der Waals surface area contributed by atoms with Crippen LogP contribution in [-0.2, 0) is 0 Å². The van der Waals surface area contributed by atoms with Crippen LogP contribution in [0.5, 0.6) is 5.75 Å². The van der Waals surface area contributed by atoms with Crippen molar-refractivity contribution in [3.8, 4) is 16.9 Å². The summed E-state index contributed by atoms with van der Waals surface area (Å²) < 4.78 is 98.0. The largest absolute Gasteiger partial charge is 0.573 e. The Kier molecular flexibility index (Phi) is 7.96. The SMILES string of the molecule is CCC(C)CCC1CCC(c2cc(F)c(-c3cc(F)c(OC(F)(F)F)c(F)c3)c(F)c2)CC1. The summed E-state index contributed by atoms with van der Waals surface area (Å²) in [4.78, 5) is 0. The van der Waals surface area contributed by atoms with E-state index in [0.717, 1.165) is 50.7 Å². The number of halogens is 7. The van der Waals surface area contributed by atoms with Gasteiger partial charge in [0.15, 0.2) is 11.6 Å². The number of benzene rings is 2. The summed E-state index contributed by atoms with van der Waals surface area (Å²) in [5.41, 5.74) is -0.765. The maximum atomic E-state index is 14.8. The molecule has 0 saturated heterocycles. The summed E-state index contributed by atoms with van der Waals surface area (Å²) in [6, 6.07) is 3.15. The van der Waals surface area contributed by atoms with Gasteiger partial charge in [-0.2, -0.15) is 0 Å². The van der Waals surface area contributed by atoms with Gasteiger partial charge >= 0.3 is 6.36 Å². The molecule has 0 heterocycles. The summed E-state index contributed by atoms with van der Waals surface area (Å²) in [5, 5.41) is 0. The van der Waals surface area contributed by atoms with E-state index in [9.17, 15) is 30.7 Å². The average Bonchev–Trinajstić information content (AvgIpc) is 2.73. The molecule has 0 N–H and O–H groups in total. The van der Waals surface area contributed by atoms with Crippen molar-refractivity contribution in [2.24, 2.45) is 11.8 Å². The van der Waals surface area contributed by atoms with Crippen LogP contribution < -0.4 is 4.74 Å². The molecule has 3 rings (SSSR count). The first-order valence-electron chi connectivity index (χ1n) is 11.2. The fourth-order valence-electron chi connectivity index (χ4n) is 4.53. The Bertz CT molecular complexity index is 916. The number of hydrogen-bond donors (Lipinski definition) is 0. The zero-order valence-corrected chi connectivity index (χ0v) is 18.5. The third kappa shape index (κ3) is 6.42. The van der Waals surface area contributed by atoms with Crippen molar-refractivity contribution in [3.63, 3.8) is 0 Å². The lowest BCUT2D eigenvalue weighted by molar-refractivity contribution is -0.276. The molecule has 0 bridgehead atoms. The summed E-state index contributed by atoms with van der Waals surface area (Å²) in [6.07, 6.45) is 1.71. The van der Waals surface area contributed by atoms with E-state index in [2.05, 4.69) is 18.6 Å². The molecule has 1 saturated carbocycles. The highest BCUT2D eigenvalue weighted by Gasteiger charge is 2.34. The molecule has 0 amide bonds. The van der Waals surface area contributed by atoms with Crippen LogP contribution in [0.4, 0.5) is 30.7 Å². The normalized spacial score (nSPS) is 20.0. The van der Waals surface area contributed by atoms with Crippen LogP contribution in [0.25, 0.3) is 11.1 Å². The van der Waals surface area contributed by atoms with Crippen LogP contribution in [0.15, 0.2) is 24.3 Å². The van der Waals surface area contributed by atoms with Gasteiger partial charge in [0.05, 0.1) is 5.56 Å². The van der Waals surface area contributed by atoms with Crippen LogP contribution in [0, 0.1) is 35.1 Å². The molecule has 1 nitrogen and oxygen atoms in total. The summed E-state index contributed by atoms with van der Waals surface area (Å²) >= 11 is 0. The first-order chi connectivity index (χ1) is 15.5. The zero-order chi connectivity index (χ0) is 24.3. The summed E-state index contributed by atoms with van der Waals surface area (Å²) in [7, 11) is 0. The third-order valence-electron chi connectivity index (χ3n) is 6.65. The maximum Gasteiger partial charge on any atom is 0.573 e. The monoisotopic (exact) mass is 476 g/mol. The quantitative estimate of drug-likeness (QED) is 0.363. The van der Waals surface area contributed by atoms with Crippen LogP contribution in [0.1, 0.15) is 70.3 Å². The van der Waals surface area contributed by atoms with Crippen molar-refractivity contribution in [3.05, 3.63) is 53.1 Å². The highest BCUT2D eigenvalue weighted by Crippen LogP contribution is 2.41. The van der Waals surface area contributed by atoms with Crippen molar-refractivity contribution in [2.75, 3.05) is 0 Å². The number of rotatable bonds is 7. The van der Waals surface area contributed by atoms with Crippen LogP contribution >= 0.6 is 0 Å². The fraction of sp³-hybridized carbons (Fsp3) is 0.520. The molecular weight excluding hydrogens is 449 g/mol. The van der Waals surface area contributed by atoms with Crippen molar-refractivity contribution in [2.45, 2.75) is 71.1 Å². The van der Waals surface area contributed by atoms with Gasteiger partial charge < -0.3 is 4.74 Å². The third-order valence-corrected chi connectivity index (χ3v) is 6.65. The fourth-order valence-corrected chi connectivity index (χ4v) is 4.53. The lowest BCUT2D eigenvalue weighted by atomic mass is 9.76. The maximum absolute atomic E-state index is 14.8. The van der Waals surface area contributed by atoms with E-state index in [4.69, 9.17) is 0 Å². The highest BCUT2D eigenvalue weighted by atomic mass is 19.4. The van der Waals surface area contributed by atoms with E-state index in [-0.39, 0.29) is 5.92 Å². The molecule has 0 spiro atoms. The zero-order valence-electron chi connectivity index (χ0n) is 18.5. The van der Waals surface area contributed by atoms with Gasteiger partial charge in [0.25, 0.3) is 0 Å². The standard InChI is InChI=1S/C25H27F7O/c1-3-14(2)4-5-15-6-8-16(9-7-15)17-10-19(26)23(20(27)11-17)18-12-21(28)24(22(29)13-18)33-25(30,31)32/h10-16H,3-9H2,1-2H3. The Morgan fingerprint density at radius 1 is 0.879 bits per heavy atom. The molecule has 1 fully saturated rings. The summed E-state index contributed by atoms with van der Waals surface area (Å²) in [6.45, 7) is 4.40. The van der Waals surface area contributed by atoms with Gasteiger partial charge in [-0.25, -0.2) is 17.6 Å². The Balaban J connectivity index is 1.76. The molecule has 1 aliphatic carbocycles. The molecule has 0 aliphatic heterocycles. The molecule has 0 aromatic heterocycles.